The maximum absolute atomic E-state index is 13.8. The number of amides is 2. The molecule has 2 amide bonds. The van der Waals surface area contributed by atoms with Crippen molar-refractivity contribution in [2.45, 2.75) is 39.8 Å². The number of halogens is 1. The summed E-state index contributed by atoms with van der Waals surface area (Å²) < 4.78 is 45.0. The molecule has 0 saturated carbocycles. The number of sulfonamides is 1. The number of anilines is 1. The fourth-order valence-electron chi connectivity index (χ4n) is 3.55. The zero-order valence-corrected chi connectivity index (χ0v) is 21.6. The van der Waals surface area contributed by atoms with Crippen molar-refractivity contribution in [2.75, 3.05) is 30.8 Å². The molecule has 35 heavy (non-hydrogen) atoms. The largest absolute Gasteiger partial charge is 0.497 e. The second-order valence-corrected chi connectivity index (χ2v) is 10.6. The van der Waals surface area contributed by atoms with E-state index in [0.29, 0.717) is 24.3 Å². The second kappa shape index (κ2) is 12.5. The summed E-state index contributed by atoms with van der Waals surface area (Å²) in [5.74, 6) is -0.739. The molecule has 8 nitrogen and oxygen atoms in total. The molecule has 0 bridgehead atoms. The smallest absolute Gasteiger partial charge is 0.244 e. The van der Waals surface area contributed by atoms with E-state index in [4.69, 9.17) is 4.74 Å². The van der Waals surface area contributed by atoms with Crippen LogP contribution in [0.15, 0.2) is 48.5 Å². The minimum Gasteiger partial charge on any atom is -0.497 e. The first kappa shape index (κ1) is 28.1. The number of hydrogen-bond donors (Lipinski definition) is 1. The van der Waals surface area contributed by atoms with Gasteiger partial charge in [0.2, 0.25) is 21.8 Å². The molecule has 1 N–H and O–H groups in total. The molecular formula is C25H34FN3O5S. The molecule has 0 aliphatic carbocycles. The van der Waals surface area contributed by atoms with Crippen LogP contribution in [-0.2, 0) is 26.2 Å². The Bertz CT molecular complexity index is 1120. The lowest BCUT2D eigenvalue weighted by Gasteiger charge is -2.33. The lowest BCUT2D eigenvalue weighted by molar-refractivity contribution is -0.140. The average Bonchev–Trinajstić information content (AvgIpc) is 2.80. The number of nitrogens with one attached hydrogen (secondary N) is 1. The molecule has 0 aliphatic heterocycles. The standard InChI is InChI=1S/C25H34FN3O5S/c1-6-23(25(31)27-15-18(2)3)28(16-19-9-7-12-22(13-19)34-4)24(30)17-29(35(5,32)33)21-11-8-10-20(26)14-21/h7-14,18,23H,6,15-17H2,1-5H3,(H,27,31). The molecule has 0 spiro atoms. The molecule has 0 heterocycles. The van der Waals surface area contributed by atoms with Crippen LogP contribution in [0.3, 0.4) is 0 Å². The summed E-state index contributed by atoms with van der Waals surface area (Å²) >= 11 is 0. The maximum Gasteiger partial charge on any atom is 0.244 e. The van der Waals surface area contributed by atoms with Gasteiger partial charge in [0.05, 0.1) is 19.1 Å². The third kappa shape index (κ3) is 8.24. The van der Waals surface area contributed by atoms with Gasteiger partial charge in [0.1, 0.15) is 24.2 Å². The van der Waals surface area contributed by atoms with E-state index < -0.39 is 34.3 Å². The number of nitrogens with zero attached hydrogens (tertiary/aromatic N) is 2. The quantitative estimate of drug-likeness (QED) is 0.476. The minimum absolute atomic E-state index is 0.0273. The molecule has 0 saturated heterocycles. The molecule has 1 atom stereocenters. The van der Waals surface area contributed by atoms with Crippen LogP contribution < -0.4 is 14.4 Å². The van der Waals surface area contributed by atoms with Gasteiger partial charge in [0.25, 0.3) is 0 Å². The van der Waals surface area contributed by atoms with E-state index in [0.717, 1.165) is 16.6 Å². The van der Waals surface area contributed by atoms with Crippen LogP contribution in [0.25, 0.3) is 0 Å². The predicted octanol–water partition coefficient (Wildman–Crippen LogP) is 3.18. The highest BCUT2D eigenvalue weighted by Gasteiger charge is 2.31. The Morgan fingerprint density at radius 2 is 1.80 bits per heavy atom. The monoisotopic (exact) mass is 507 g/mol. The molecule has 2 rings (SSSR count). The number of ether oxygens (including phenoxy) is 1. The predicted molar refractivity (Wildman–Crippen MR) is 134 cm³/mol. The van der Waals surface area contributed by atoms with Gasteiger partial charge < -0.3 is 15.0 Å². The Morgan fingerprint density at radius 1 is 1.11 bits per heavy atom. The number of carbonyl (C=O) groups excluding carboxylic acids is 2. The molecular weight excluding hydrogens is 473 g/mol. The first-order chi connectivity index (χ1) is 16.5. The van der Waals surface area contributed by atoms with Gasteiger partial charge in [0.15, 0.2) is 0 Å². The van der Waals surface area contributed by atoms with Crippen molar-refractivity contribution < 1.29 is 27.1 Å². The van der Waals surface area contributed by atoms with Gasteiger partial charge in [-0.05, 0) is 48.2 Å². The van der Waals surface area contributed by atoms with Crippen LogP contribution in [-0.4, -0.2) is 57.6 Å². The fourth-order valence-corrected chi connectivity index (χ4v) is 4.40. The van der Waals surface area contributed by atoms with E-state index in [9.17, 15) is 22.4 Å². The summed E-state index contributed by atoms with van der Waals surface area (Å²) in [5, 5.41) is 2.86. The first-order valence-electron chi connectivity index (χ1n) is 11.4. The highest BCUT2D eigenvalue weighted by Crippen LogP contribution is 2.21. The van der Waals surface area contributed by atoms with Crippen LogP contribution in [0.5, 0.6) is 5.75 Å². The third-order valence-electron chi connectivity index (χ3n) is 5.33. The van der Waals surface area contributed by atoms with E-state index in [-0.39, 0.29) is 24.1 Å². The van der Waals surface area contributed by atoms with Crippen molar-refractivity contribution in [3.8, 4) is 5.75 Å². The van der Waals surface area contributed by atoms with E-state index in [2.05, 4.69) is 5.32 Å². The Kier molecular flexibility index (Phi) is 10.1. The van der Waals surface area contributed by atoms with Gasteiger partial charge >= 0.3 is 0 Å². The minimum atomic E-state index is -3.92. The van der Waals surface area contributed by atoms with Crippen molar-refractivity contribution >= 4 is 27.5 Å². The summed E-state index contributed by atoms with van der Waals surface area (Å²) in [7, 11) is -2.40. The van der Waals surface area contributed by atoms with Crippen molar-refractivity contribution in [3.63, 3.8) is 0 Å². The van der Waals surface area contributed by atoms with E-state index >= 15 is 0 Å². The van der Waals surface area contributed by atoms with Crippen molar-refractivity contribution in [2.24, 2.45) is 5.92 Å². The van der Waals surface area contributed by atoms with Gasteiger partial charge in [-0.2, -0.15) is 0 Å². The lowest BCUT2D eigenvalue weighted by Crippen LogP contribution is -2.52. The number of hydrogen-bond acceptors (Lipinski definition) is 5. The van der Waals surface area contributed by atoms with Crippen LogP contribution in [0.2, 0.25) is 0 Å². The van der Waals surface area contributed by atoms with Gasteiger partial charge in [-0.3, -0.25) is 13.9 Å². The fraction of sp³-hybridized carbons (Fsp3) is 0.440. The van der Waals surface area contributed by atoms with Gasteiger partial charge in [-0.25, -0.2) is 12.8 Å². The van der Waals surface area contributed by atoms with Gasteiger partial charge in [-0.1, -0.05) is 39.0 Å². The van der Waals surface area contributed by atoms with Crippen molar-refractivity contribution in [3.05, 3.63) is 59.9 Å². The van der Waals surface area contributed by atoms with Crippen LogP contribution in [0.1, 0.15) is 32.8 Å². The van der Waals surface area contributed by atoms with Crippen molar-refractivity contribution in [1.29, 1.82) is 0 Å². The number of methoxy groups -OCH3 is 1. The Labute approximate surface area is 207 Å². The molecule has 2 aromatic rings. The lowest BCUT2D eigenvalue weighted by atomic mass is 10.1. The Hall–Kier alpha value is -3.14. The number of rotatable bonds is 12. The second-order valence-electron chi connectivity index (χ2n) is 8.69. The zero-order chi connectivity index (χ0) is 26.2. The maximum atomic E-state index is 13.8. The molecule has 2 aromatic carbocycles. The number of carbonyl (C=O) groups is 2. The highest BCUT2D eigenvalue weighted by molar-refractivity contribution is 7.92. The molecule has 10 heteroatoms. The molecule has 192 valence electrons. The average molecular weight is 508 g/mol. The number of benzene rings is 2. The molecule has 0 radical (unpaired) electrons. The molecule has 0 fully saturated rings. The highest BCUT2D eigenvalue weighted by atomic mass is 32.2. The van der Waals surface area contributed by atoms with E-state index in [1.54, 1.807) is 31.2 Å². The topological polar surface area (TPSA) is 96.0 Å². The van der Waals surface area contributed by atoms with Crippen molar-refractivity contribution in [1.82, 2.24) is 10.2 Å². The van der Waals surface area contributed by atoms with Crippen LogP contribution in [0, 0.1) is 11.7 Å². The zero-order valence-electron chi connectivity index (χ0n) is 20.8. The summed E-state index contributed by atoms with van der Waals surface area (Å²) in [6.45, 7) is 5.62. The Morgan fingerprint density at radius 3 is 2.37 bits per heavy atom. The molecule has 1 unspecified atom stereocenters. The SMILES string of the molecule is CCC(C(=O)NCC(C)C)N(Cc1cccc(OC)c1)C(=O)CN(c1cccc(F)c1)S(C)(=O)=O. The summed E-state index contributed by atoms with van der Waals surface area (Å²) in [4.78, 5) is 28.0. The van der Waals surface area contributed by atoms with E-state index in [1.807, 2.05) is 13.8 Å². The summed E-state index contributed by atoms with van der Waals surface area (Å²) in [5.41, 5.74) is 0.740. The van der Waals surface area contributed by atoms with Gasteiger partial charge in [-0.15, -0.1) is 0 Å². The summed E-state index contributed by atoms with van der Waals surface area (Å²) in [6, 6.07) is 11.3. The Balaban J connectivity index is 2.44. The summed E-state index contributed by atoms with van der Waals surface area (Å²) in [6.07, 6.45) is 1.27. The van der Waals surface area contributed by atoms with Crippen LogP contribution in [0.4, 0.5) is 10.1 Å². The van der Waals surface area contributed by atoms with Gasteiger partial charge in [0, 0.05) is 13.1 Å². The van der Waals surface area contributed by atoms with Crippen LogP contribution >= 0.6 is 0 Å². The normalized spacial score (nSPS) is 12.2. The third-order valence-corrected chi connectivity index (χ3v) is 6.47. The molecule has 0 aliphatic rings. The van der Waals surface area contributed by atoms with E-state index in [1.165, 1.54) is 30.2 Å². The first-order valence-corrected chi connectivity index (χ1v) is 13.2. The molecule has 0 aromatic heterocycles.